The molecular weight excluding hydrogens is 254 g/mol. The second-order valence-corrected chi connectivity index (χ2v) is 6.37. The Hall–Kier alpha value is -0.650. The molecule has 1 saturated carbocycles. The van der Waals surface area contributed by atoms with Crippen molar-refractivity contribution in [2.24, 2.45) is 11.7 Å². The van der Waals surface area contributed by atoms with E-state index in [4.69, 9.17) is 10.5 Å². The van der Waals surface area contributed by atoms with Gasteiger partial charge in [-0.3, -0.25) is 4.79 Å². The quantitative estimate of drug-likeness (QED) is 0.672. The Kier molecular flexibility index (Phi) is 6.92. The average molecular weight is 285 g/mol. The van der Waals surface area contributed by atoms with Crippen LogP contribution < -0.4 is 5.73 Å². The van der Waals surface area contributed by atoms with Crippen LogP contribution in [-0.2, 0) is 9.53 Å². The van der Waals surface area contributed by atoms with Gasteiger partial charge in [0.1, 0.15) is 5.54 Å². The van der Waals surface area contributed by atoms with Crippen LogP contribution in [0, 0.1) is 5.92 Å². The number of nitrogens with zero attached hydrogens (tertiary/aromatic N) is 2. The lowest BCUT2D eigenvalue weighted by Gasteiger charge is -2.30. The summed E-state index contributed by atoms with van der Waals surface area (Å²) < 4.78 is 4.88. The molecule has 2 N–H and O–H groups in total. The molecule has 1 fully saturated rings. The van der Waals surface area contributed by atoms with E-state index in [1.807, 2.05) is 0 Å². The standard InChI is InChI=1S/C15H31N3O2/c1-17(2)10-6-11-18(3)12-8-13-7-5-9-15(13,16)14(19)20-4/h13H,5-12,16H2,1-4H3. The highest BCUT2D eigenvalue weighted by molar-refractivity contribution is 5.81. The highest BCUT2D eigenvalue weighted by Gasteiger charge is 2.46. The van der Waals surface area contributed by atoms with Crippen LogP contribution in [0.25, 0.3) is 0 Å². The summed E-state index contributed by atoms with van der Waals surface area (Å²) in [6.07, 6.45) is 4.97. The lowest BCUT2D eigenvalue weighted by molar-refractivity contribution is -0.148. The molecule has 5 heteroatoms. The van der Waals surface area contributed by atoms with Gasteiger partial charge in [0.05, 0.1) is 7.11 Å². The maximum atomic E-state index is 11.9. The molecule has 0 aliphatic heterocycles. The molecule has 2 unspecified atom stereocenters. The third-order valence-electron chi connectivity index (χ3n) is 4.44. The number of ether oxygens (including phenoxy) is 1. The molecule has 20 heavy (non-hydrogen) atoms. The molecule has 1 aliphatic carbocycles. The van der Waals surface area contributed by atoms with E-state index < -0.39 is 5.54 Å². The van der Waals surface area contributed by atoms with E-state index in [0.717, 1.165) is 45.3 Å². The first-order valence-electron chi connectivity index (χ1n) is 7.60. The molecule has 5 nitrogen and oxygen atoms in total. The molecule has 1 aliphatic rings. The van der Waals surface area contributed by atoms with Crippen LogP contribution in [0.15, 0.2) is 0 Å². The number of rotatable bonds is 8. The Morgan fingerprint density at radius 1 is 1.30 bits per heavy atom. The third-order valence-corrected chi connectivity index (χ3v) is 4.44. The minimum atomic E-state index is -0.751. The Labute approximate surface area is 123 Å². The molecule has 0 radical (unpaired) electrons. The van der Waals surface area contributed by atoms with Crippen LogP contribution >= 0.6 is 0 Å². The number of carbonyl (C=O) groups is 1. The van der Waals surface area contributed by atoms with Gasteiger partial charge in [-0.25, -0.2) is 0 Å². The summed E-state index contributed by atoms with van der Waals surface area (Å²) in [4.78, 5) is 16.4. The number of hydrogen-bond acceptors (Lipinski definition) is 5. The molecule has 0 heterocycles. The van der Waals surface area contributed by atoms with Gasteiger partial charge in [-0.1, -0.05) is 6.42 Å². The van der Waals surface area contributed by atoms with Crippen molar-refractivity contribution in [1.29, 1.82) is 0 Å². The van der Waals surface area contributed by atoms with Gasteiger partial charge in [0.2, 0.25) is 0 Å². The summed E-state index contributed by atoms with van der Waals surface area (Å²) >= 11 is 0. The van der Waals surface area contributed by atoms with Gasteiger partial charge in [-0.15, -0.1) is 0 Å². The molecular formula is C15H31N3O2. The minimum absolute atomic E-state index is 0.240. The third kappa shape index (κ3) is 4.72. The Bertz CT molecular complexity index is 309. The highest BCUT2D eigenvalue weighted by Crippen LogP contribution is 2.36. The summed E-state index contributed by atoms with van der Waals surface area (Å²) in [5.74, 6) is 0.0153. The molecule has 0 aromatic carbocycles. The SMILES string of the molecule is COC(=O)C1(N)CCCC1CCN(C)CCCN(C)C. The van der Waals surface area contributed by atoms with Gasteiger partial charge in [0, 0.05) is 0 Å². The zero-order valence-corrected chi connectivity index (χ0v) is 13.5. The van der Waals surface area contributed by atoms with Crippen molar-refractivity contribution in [3.63, 3.8) is 0 Å². The minimum Gasteiger partial charge on any atom is -0.468 e. The number of esters is 1. The zero-order chi connectivity index (χ0) is 15.2. The van der Waals surface area contributed by atoms with Crippen LogP contribution in [0.1, 0.15) is 32.1 Å². The van der Waals surface area contributed by atoms with E-state index in [0.29, 0.717) is 0 Å². The zero-order valence-electron chi connectivity index (χ0n) is 13.5. The van der Waals surface area contributed by atoms with Crippen molar-refractivity contribution >= 4 is 5.97 Å². The van der Waals surface area contributed by atoms with E-state index in [1.54, 1.807) is 0 Å². The predicted octanol–water partition coefficient (Wildman–Crippen LogP) is 0.931. The lowest BCUT2D eigenvalue weighted by Crippen LogP contribution is -2.52. The fourth-order valence-corrected chi connectivity index (χ4v) is 3.11. The monoisotopic (exact) mass is 285 g/mol. The molecule has 1 rings (SSSR count). The van der Waals surface area contributed by atoms with Crippen LogP contribution in [0.5, 0.6) is 0 Å². The summed E-state index contributed by atoms with van der Waals surface area (Å²) in [6.45, 7) is 3.19. The van der Waals surface area contributed by atoms with Crippen LogP contribution in [0.4, 0.5) is 0 Å². The Morgan fingerprint density at radius 2 is 2.00 bits per heavy atom. The molecule has 0 aromatic heterocycles. The number of nitrogens with two attached hydrogens (primary N) is 1. The van der Waals surface area contributed by atoms with E-state index in [9.17, 15) is 4.79 Å². The van der Waals surface area contributed by atoms with Crippen molar-refractivity contribution in [1.82, 2.24) is 9.80 Å². The molecule has 0 saturated heterocycles. The Morgan fingerprint density at radius 3 is 2.60 bits per heavy atom. The van der Waals surface area contributed by atoms with Crippen LogP contribution in [0.2, 0.25) is 0 Å². The molecule has 118 valence electrons. The van der Waals surface area contributed by atoms with Crippen molar-refractivity contribution < 1.29 is 9.53 Å². The Balaban J connectivity index is 2.34. The van der Waals surface area contributed by atoms with Gasteiger partial charge in [0.15, 0.2) is 0 Å². The van der Waals surface area contributed by atoms with Crippen molar-refractivity contribution in [2.75, 3.05) is 47.9 Å². The molecule has 0 aromatic rings. The highest BCUT2D eigenvalue weighted by atomic mass is 16.5. The maximum absolute atomic E-state index is 11.9. The number of carbonyl (C=O) groups excluding carboxylic acids is 1. The van der Waals surface area contributed by atoms with E-state index in [2.05, 4.69) is 30.9 Å². The number of methoxy groups -OCH3 is 1. The van der Waals surface area contributed by atoms with E-state index >= 15 is 0 Å². The first kappa shape index (κ1) is 17.4. The first-order chi connectivity index (χ1) is 9.40. The fraction of sp³-hybridized carbons (Fsp3) is 0.933. The molecule has 0 spiro atoms. The fourth-order valence-electron chi connectivity index (χ4n) is 3.11. The second kappa shape index (κ2) is 7.96. The van der Waals surface area contributed by atoms with Crippen molar-refractivity contribution in [3.05, 3.63) is 0 Å². The summed E-state index contributed by atoms with van der Waals surface area (Å²) in [5.41, 5.74) is 5.53. The van der Waals surface area contributed by atoms with Gasteiger partial charge in [-0.05, 0) is 72.4 Å². The van der Waals surface area contributed by atoms with Gasteiger partial charge < -0.3 is 20.3 Å². The molecule has 0 bridgehead atoms. The normalized spacial score (nSPS) is 26.4. The van der Waals surface area contributed by atoms with E-state index in [1.165, 1.54) is 13.5 Å². The first-order valence-corrected chi connectivity index (χ1v) is 7.60. The maximum Gasteiger partial charge on any atom is 0.326 e. The topological polar surface area (TPSA) is 58.8 Å². The smallest absolute Gasteiger partial charge is 0.326 e. The average Bonchev–Trinajstić information content (AvgIpc) is 2.77. The second-order valence-electron chi connectivity index (χ2n) is 6.37. The lowest BCUT2D eigenvalue weighted by atomic mass is 9.85. The van der Waals surface area contributed by atoms with E-state index in [-0.39, 0.29) is 11.9 Å². The largest absolute Gasteiger partial charge is 0.468 e. The summed E-state index contributed by atoms with van der Waals surface area (Å²) in [6, 6.07) is 0. The van der Waals surface area contributed by atoms with Gasteiger partial charge >= 0.3 is 5.97 Å². The number of hydrogen-bond donors (Lipinski definition) is 1. The molecule has 2 atom stereocenters. The molecule has 0 amide bonds. The van der Waals surface area contributed by atoms with Crippen LogP contribution in [-0.4, -0.2) is 69.2 Å². The predicted molar refractivity (Wildman–Crippen MR) is 81.6 cm³/mol. The summed E-state index contributed by atoms with van der Waals surface area (Å²) in [5, 5.41) is 0. The van der Waals surface area contributed by atoms with Gasteiger partial charge in [0.25, 0.3) is 0 Å². The summed E-state index contributed by atoms with van der Waals surface area (Å²) in [7, 11) is 7.76. The van der Waals surface area contributed by atoms with Crippen molar-refractivity contribution in [2.45, 2.75) is 37.6 Å². The van der Waals surface area contributed by atoms with Crippen molar-refractivity contribution in [3.8, 4) is 0 Å². The van der Waals surface area contributed by atoms with Gasteiger partial charge in [-0.2, -0.15) is 0 Å². The van der Waals surface area contributed by atoms with Crippen LogP contribution in [0.3, 0.4) is 0 Å².